The first-order valence-electron chi connectivity index (χ1n) is 9.91. The van der Waals surface area contributed by atoms with Crippen molar-refractivity contribution in [1.82, 2.24) is 20.1 Å². The fraction of sp³-hybridized carbons (Fsp3) is 0.476. The summed E-state index contributed by atoms with van der Waals surface area (Å²) in [4.78, 5) is 42.1. The van der Waals surface area contributed by atoms with Crippen molar-refractivity contribution in [3.05, 3.63) is 46.2 Å². The number of benzene rings is 1. The molecule has 1 saturated heterocycles. The molecule has 2 heterocycles. The van der Waals surface area contributed by atoms with Crippen LogP contribution >= 0.6 is 11.6 Å². The molecule has 0 N–H and O–H groups in total. The summed E-state index contributed by atoms with van der Waals surface area (Å²) >= 11 is 6.42. The molecule has 0 aliphatic carbocycles. The van der Waals surface area contributed by atoms with Crippen LogP contribution < -0.4 is 0 Å². The molecule has 0 spiro atoms. The summed E-state index contributed by atoms with van der Waals surface area (Å²) in [5.74, 6) is -1.06. The molecule has 10 heteroatoms. The van der Waals surface area contributed by atoms with Gasteiger partial charge in [-0.25, -0.2) is 4.63 Å². The van der Waals surface area contributed by atoms with Gasteiger partial charge in [0.2, 0.25) is 17.7 Å². The lowest BCUT2D eigenvalue weighted by Crippen LogP contribution is -2.43. The minimum Gasteiger partial charge on any atom is -0.385 e. The highest BCUT2D eigenvalue weighted by Crippen LogP contribution is 2.43. The highest BCUT2D eigenvalue weighted by molar-refractivity contribution is 6.32. The first kappa shape index (κ1) is 22.9. The van der Waals surface area contributed by atoms with Crippen molar-refractivity contribution < 1.29 is 23.7 Å². The fourth-order valence-corrected chi connectivity index (χ4v) is 4.10. The van der Waals surface area contributed by atoms with Gasteiger partial charge in [-0.3, -0.25) is 19.3 Å². The van der Waals surface area contributed by atoms with E-state index < -0.39 is 11.3 Å². The van der Waals surface area contributed by atoms with E-state index in [1.807, 2.05) is 0 Å². The molecule has 0 bridgehead atoms. The number of hydrogen-bond acceptors (Lipinski definition) is 7. The molecule has 0 saturated carbocycles. The van der Waals surface area contributed by atoms with Gasteiger partial charge in [0, 0.05) is 45.2 Å². The van der Waals surface area contributed by atoms with Gasteiger partial charge >= 0.3 is 0 Å². The number of likely N-dealkylation sites (tertiary alicyclic amines) is 1. The van der Waals surface area contributed by atoms with Gasteiger partial charge in [0.1, 0.15) is 11.4 Å². The summed E-state index contributed by atoms with van der Waals surface area (Å²) in [6, 6.07) is 6.84. The number of hydrogen-bond donors (Lipinski definition) is 0. The zero-order valence-electron chi connectivity index (χ0n) is 17.8. The van der Waals surface area contributed by atoms with Crippen molar-refractivity contribution in [2.75, 3.05) is 27.3 Å². The van der Waals surface area contributed by atoms with Crippen LogP contribution in [0.4, 0.5) is 0 Å². The molecule has 1 aromatic heterocycles. The molecule has 166 valence electrons. The summed E-state index contributed by atoms with van der Waals surface area (Å²) in [6.07, 6.45) is 0.203. The molecular formula is C21H25ClN4O5. The van der Waals surface area contributed by atoms with Crippen LogP contribution in [0.5, 0.6) is 0 Å². The van der Waals surface area contributed by atoms with Gasteiger partial charge in [0.15, 0.2) is 0 Å². The zero-order chi connectivity index (χ0) is 22.6. The highest BCUT2D eigenvalue weighted by Gasteiger charge is 2.54. The lowest BCUT2D eigenvalue weighted by Gasteiger charge is -2.29. The SMILES string of the molecule is COCCCN1C(=O)C[C@](CC(=O)N(C)Cc2nonc2C)(c2ccccc2Cl)C1=O. The van der Waals surface area contributed by atoms with E-state index >= 15 is 0 Å². The van der Waals surface area contributed by atoms with Crippen LogP contribution in [0.15, 0.2) is 28.9 Å². The number of carbonyl (C=O) groups is 3. The molecule has 31 heavy (non-hydrogen) atoms. The smallest absolute Gasteiger partial charge is 0.240 e. The molecule has 9 nitrogen and oxygen atoms in total. The Kier molecular flexibility index (Phi) is 7.07. The summed E-state index contributed by atoms with van der Waals surface area (Å²) in [5.41, 5.74) is 0.227. The first-order chi connectivity index (χ1) is 14.8. The normalized spacial score (nSPS) is 18.6. The number of carbonyl (C=O) groups excluding carboxylic acids is 3. The number of rotatable bonds is 9. The second-order valence-corrected chi connectivity index (χ2v) is 8.07. The van der Waals surface area contributed by atoms with Gasteiger partial charge in [0.25, 0.3) is 0 Å². The number of aromatic nitrogens is 2. The van der Waals surface area contributed by atoms with Crippen LogP contribution in [0.25, 0.3) is 0 Å². The van der Waals surface area contributed by atoms with E-state index in [1.165, 1.54) is 9.80 Å². The van der Waals surface area contributed by atoms with Gasteiger partial charge < -0.3 is 9.64 Å². The molecule has 0 radical (unpaired) electrons. The molecule has 0 unspecified atom stereocenters. The molecule has 1 fully saturated rings. The van der Waals surface area contributed by atoms with Crippen molar-refractivity contribution in [3.8, 4) is 0 Å². The average molecular weight is 449 g/mol. The average Bonchev–Trinajstić information content (AvgIpc) is 3.24. The predicted octanol–water partition coefficient (Wildman–Crippen LogP) is 2.11. The van der Waals surface area contributed by atoms with E-state index in [9.17, 15) is 14.4 Å². The van der Waals surface area contributed by atoms with Crippen molar-refractivity contribution in [3.63, 3.8) is 0 Å². The number of halogens is 1. The van der Waals surface area contributed by atoms with E-state index in [0.29, 0.717) is 35.0 Å². The maximum absolute atomic E-state index is 13.5. The second kappa shape index (κ2) is 9.57. The molecule has 1 aliphatic rings. The molecule has 1 atom stereocenters. The van der Waals surface area contributed by atoms with Gasteiger partial charge in [-0.15, -0.1) is 0 Å². The third-order valence-electron chi connectivity index (χ3n) is 5.54. The molecule has 3 rings (SSSR count). The van der Waals surface area contributed by atoms with E-state index in [1.54, 1.807) is 45.3 Å². The molecule has 2 aromatic rings. The minimum atomic E-state index is -1.36. The number of amides is 3. The second-order valence-electron chi connectivity index (χ2n) is 7.66. The maximum Gasteiger partial charge on any atom is 0.240 e. The highest BCUT2D eigenvalue weighted by atomic mass is 35.5. The van der Waals surface area contributed by atoms with Gasteiger partial charge in [-0.2, -0.15) is 0 Å². The van der Waals surface area contributed by atoms with Crippen LogP contribution in [-0.4, -0.2) is 65.1 Å². The number of imide groups is 1. The quantitative estimate of drug-likeness (QED) is 0.427. The topological polar surface area (TPSA) is 106 Å². The standard InChI is InChI=1S/C21H25ClN4O5/c1-14-17(24-31-23-14)13-25(2)18(27)11-21(15-7-4-5-8-16(15)22)12-19(28)26(20(21)29)9-6-10-30-3/h4-5,7-8H,6,9-13H2,1-3H3/t21-/m1/s1. The Morgan fingerprint density at radius 1 is 1.32 bits per heavy atom. The van der Waals surface area contributed by atoms with Crippen LogP contribution in [0.2, 0.25) is 5.02 Å². The Balaban J connectivity index is 1.90. The summed E-state index contributed by atoms with van der Waals surface area (Å²) in [6.45, 7) is 2.55. The summed E-state index contributed by atoms with van der Waals surface area (Å²) in [5, 5.41) is 7.86. The summed E-state index contributed by atoms with van der Waals surface area (Å²) < 4.78 is 9.72. The minimum absolute atomic E-state index is 0.118. The molecule has 1 aromatic carbocycles. The van der Waals surface area contributed by atoms with Gasteiger partial charge in [0.05, 0.1) is 12.0 Å². The largest absolute Gasteiger partial charge is 0.385 e. The zero-order valence-corrected chi connectivity index (χ0v) is 18.5. The van der Waals surface area contributed by atoms with Crippen LogP contribution in [0, 0.1) is 6.92 Å². The monoisotopic (exact) mass is 448 g/mol. The lowest BCUT2D eigenvalue weighted by molar-refractivity contribution is -0.142. The number of aryl methyl sites for hydroxylation is 1. The fourth-order valence-electron chi connectivity index (χ4n) is 3.79. The molecular weight excluding hydrogens is 424 g/mol. The Morgan fingerprint density at radius 3 is 2.71 bits per heavy atom. The molecule has 1 aliphatic heterocycles. The van der Waals surface area contributed by atoms with Crippen LogP contribution in [0.3, 0.4) is 0 Å². The predicted molar refractivity (Wildman–Crippen MR) is 111 cm³/mol. The molecule has 3 amide bonds. The summed E-state index contributed by atoms with van der Waals surface area (Å²) in [7, 11) is 3.16. The van der Waals surface area contributed by atoms with Crippen LogP contribution in [0.1, 0.15) is 36.2 Å². The van der Waals surface area contributed by atoms with Crippen molar-refractivity contribution in [2.24, 2.45) is 0 Å². The van der Waals surface area contributed by atoms with E-state index in [-0.39, 0.29) is 37.7 Å². The van der Waals surface area contributed by atoms with E-state index in [2.05, 4.69) is 14.9 Å². The Labute approximate surface area is 185 Å². The van der Waals surface area contributed by atoms with Crippen molar-refractivity contribution in [1.29, 1.82) is 0 Å². The Morgan fingerprint density at radius 2 is 2.06 bits per heavy atom. The Hall–Kier alpha value is -2.78. The number of ether oxygens (including phenoxy) is 1. The number of nitrogens with zero attached hydrogens (tertiary/aromatic N) is 4. The Bertz CT molecular complexity index is 978. The third-order valence-corrected chi connectivity index (χ3v) is 5.87. The van der Waals surface area contributed by atoms with Gasteiger partial charge in [-0.05, 0) is 25.0 Å². The van der Waals surface area contributed by atoms with Crippen LogP contribution in [-0.2, 0) is 31.1 Å². The maximum atomic E-state index is 13.5. The van der Waals surface area contributed by atoms with E-state index in [0.717, 1.165) is 0 Å². The first-order valence-corrected chi connectivity index (χ1v) is 10.3. The third kappa shape index (κ3) is 4.62. The number of methoxy groups -OCH3 is 1. The lowest BCUT2D eigenvalue weighted by atomic mass is 9.75. The van der Waals surface area contributed by atoms with Gasteiger partial charge in [-0.1, -0.05) is 40.1 Å². The van der Waals surface area contributed by atoms with E-state index in [4.69, 9.17) is 16.3 Å². The van der Waals surface area contributed by atoms with Crippen molar-refractivity contribution in [2.45, 2.75) is 38.1 Å². The van der Waals surface area contributed by atoms with Crippen molar-refractivity contribution >= 4 is 29.3 Å².